The zero-order valence-corrected chi connectivity index (χ0v) is 15.0. The van der Waals surface area contributed by atoms with Crippen molar-refractivity contribution in [2.24, 2.45) is 0 Å². The van der Waals surface area contributed by atoms with E-state index in [2.05, 4.69) is 0 Å². The summed E-state index contributed by atoms with van der Waals surface area (Å²) in [5, 5.41) is 47.6. The Balaban J connectivity index is 3.77. The maximum Gasteiger partial charge on any atom is 0.323 e. The smallest absolute Gasteiger partial charge is 0.323 e. The minimum atomic E-state index is -1.50. The Hall–Kier alpha value is -4.10. The van der Waals surface area contributed by atoms with Crippen LogP contribution in [-0.4, -0.2) is 82.5 Å². The number of carboxylic acids is 4. The monoisotopic (exact) mass is 415 g/mol. The molecule has 0 spiro atoms. The molecule has 0 aliphatic rings. The predicted molar refractivity (Wildman–Crippen MR) is 94.6 cm³/mol. The van der Waals surface area contributed by atoms with Crippen LogP contribution >= 0.6 is 0 Å². The van der Waals surface area contributed by atoms with Gasteiger partial charge in [0.05, 0.1) is 17.7 Å². The van der Waals surface area contributed by atoms with Crippen LogP contribution in [-0.2, 0) is 19.2 Å². The van der Waals surface area contributed by atoms with E-state index in [1.807, 2.05) is 0 Å². The fraction of sp³-hybridized carbons (Fsp3) is 0.333. The molecule has 0 aliphatic carbocycles. The van der Waals surface area contributed by atoms with Crippen molar-refractivity contribution >= 4 is 40.9 Å². The molecule has 158 valence electrons. The SMILES string of the molecule is COc1c(N(CC(=O)O)CC(=O)O)ccc([N+](=O)[O-])c1N(CC(=O)O)CC(=O)O. The molecule has 0 amide bonds. The van der Waals surface area contributed by atoms with Crippen molar-refractivity contribution in [2.45, 2.75) is 0 Å². The fourth-order valence-corrected chi connectivity index (χ4v) is 2.55. The van der Waals surface area contributed by atoms with E-state index < -0.39 is 72.1 Å². The maximum absolute atomic E-state index is 11.4. The summed E-state index contributed by atoms with van der Waals surface area (Å²) in [5.74, 6) is -6.27. The molecule has 0 unspecified atom stereocenters. The van der Waals surface area contributed by atoms with Gasteiger partial charge in [-0.25, -0.2) is 0 Å². The number of nitro benzene ring substituents is 1. The molecule has 0 bridgehead atoms. The summed E-state index contributed by atoms with van der Waals surface area (Å²) < 4.78 is 5.10. The molecule has 0 heterocycles. The van der Waals surface area contributed by atoms with E-state index in [1.165, 1.54) is 0 Å². The van der Waals surface area contributed by atoms with E-state index >= 15 is 0 Å². The van der Waals surface area contributed by atoms with E-state index in [1.54, 1.807) is 0 Å². The first-order valence-electron chi connectivity index (χ1n) is 7.70. The zero-order chi connectivity index (χ0) is 22.3. The molecule has 14 heteroatoms. The van der Waals surface area contributed by atoms with Crippen molar-refractivity contribution in [2.75, 3.05) is 43.1 Å². The van der Waals surface area contributed by atoms with Gasteiger partial charge >= 0.3 is 23.9 Å². The van der Waals surface area contributed by atoms with E-state index in [4.69, 9.17) is 25.2 Å². The number of hydrogen-bond donors (Lipinski definition) is 4. The highest BCUT2D eigenvalue weighted by atomic mass is 16.6. The normalized spacial score (nSPS) is 10.1. The first-order valence-corrected chi connectivity index (χ1v) is 7.70. The summed E-state index contributed by atoms with van der Waals surface area (Å²) in [7, 11) is 1.03. The van der Waals surface area contributed by atoms with Gasteiger partial charge in [-0.15, -0.1) is 0 Å². The molecular formula is C15H17N3O11. The number of benzene rings is 1. The van der Waals surface area contributed by atoms with E-state index in [0.717, 1.165) is 24.1 Å². The molecule has 0 saturated heterocycles. The van der Waals surface area contributed by atoms with E-state index in [9.17, 15) is 29.3 Å². The lowest BCUT2D eigenvalue weighted by Gasteiger charge is -2.28. The van der Waals surface area contributed by atoms with Crippen LogP contribution in [0, 0.1) is 10.1 Å². The summed E-state index contributed by atoms with van der Waals surface area (Å²) in [5.41, 5.74) is -1.46. The van der Waals surface area contributed by atoms with Crippen LogP contribution in [0.1, 0.15) is 0 Å². The second-order valence-corrected chi connectivity index (χ2v) is 5.53. The largest absolute Gasteiger partial charge is 0.492 e. The Kier molecular flexibility index (Phi) is 7.69. The van der Waals surface area contributed by atoms with Crippen molar-refractivity contribution in [1.29, 1.82) is 0 Å². The lowest BCUT2D eigenvalue weighted by atomic mass is 10.1. The third-order valence-electron chi connectivity index (χ3n) is 3.45. The average Bonchev–Trinajstić information content (AvgIpc) is 2.57. The second-order valence-electron chi connectivity index (χ2n) is 5.53. The number of aliphatic carboxylic acids is 4. The number of carboxylic acid groups (broad SMARTS) is 4. The molecule has 0 fully saturated rings. The Bertz CT molecular complexity index is 807. The van der Waals surface area contributed by atoms with Crippen LogP contribution in [0.25, 0.3) is 0 Å². The first-order chi connectivity index (χ1) is 13.5. The maximum atomic E-state index is 11.4. The summed E-state index contributed by atoms with van der Waals surface area (Å²) in [6.45, 7) is -3.55. The molecule has 0 aliphatic heterocycles. The van der Waals surface area contributed by atoms with Crippen LogP contribution in [0.3, 0.4) is 0 Å². The van der Waals surface area contributed by atoms with Crippen LogP contribution < -0.4 is 14.5 Å². The molecule has 29 heavy (non-hydrogen) atoms. The van der Waals surface area contributed by atoms with Gasteiger partial charge in [-0.3, -0.25) is 29.3 Å². The summed E-state index contributed by atoms with van der Waals surface area (Å²) in [4.78, 5) is 56.5. The van der Waals surface area contributed by atoms with Gasteiger partial charge in [0.25, 0.3) is 5.69 Å². The molecule has 0 radical (unpaired) electrons. The summed E-state index contributed by atoms with van der Waals surface area (Å²) in [6.07, 6.45) is 0. The number of ether oxygens (including phenoxy) is 1. The Morgan fingerprint density at radius 3 is 1.66 bits per heavy atom. The quantitative estimate of drug-likeness (QED) is 0.252. The summed E-state index contributed by atoms with van der Waals surface area (Å²) >= 11 is 0. The minimum Gasteiger partial charge on any atom is -0.492 e. The minimum absolute atomic E-state index is 0.210. The van der Waals surface area contributed by atoms with E-state index in [-0.39, 0.29) is 5.69 Å². The lowest BCUT2D eigenvalue weighted by molar-refractivity contribution is -0.384. The predicted octanol–water partition coefficient (Wildman–Crippen LogP) is -0.445. The van der Waals surface area contributed by atoms with Crippen LogP contribution in [0.5, 0.6) is 5.75 Å². The number of anilines is 2. The average molecular weight is 415 g/mol. The van der Waals surface area contributed by atoms with Crippen LogP contribution in [0.4, 0.5) is 17.1 Å². The van der Waals surface area contributed by atoms with Gasteiger partial charge in [0.15, 0.2) is 11.4 Å². The number of nitro groups is 1. The molecule has 1 rings (SSSR count). The highest BCUT2D eigenvalue weighted by molar-refractivity contribution is 5.90. The number of rotatable bonds is 12. The van der Waals surface area contributed by atoms with Gasteiger partial charge in [-0.05, 0) is 6.07 Å². The summed E-state index contributed by atoms with van der Waals surface area (Å²) in [6, 6.07) is 1.91. The number of nitrogens with zero attached hydrogens (tertiary/aromatic N) is 3. The molecule has 0 saturated carbocycles. The van der Waals surface area contributed by atoms with Crippen LogP contribution in [0.2, 0.25) is 0 Å². The van der Waals surface area contributed by atoms with Gasteiger partial charge < -0.3 is 35.0 Å². The second kappa shape index (κ2) is 9.72. The molecule has 0 atom stereocenters. The number of carbonyl (C=O) groups is 4. The third kappa shape index (κ3) is 6.23. The zero-order valence-electron chi connectivity index (χ0n) is 15.0. The number of methoxy groups -OCH3 is 1. The lowest BCUT2D eigenvalue weighted by Crippen LogP contribution is -2.37. The molecule has 0 aromatic heterocycles. The number of hydrogen-bond acceptors (Lipinski definition) is 9. The Morgan fingerprint density at radius 2 is 1.31 bits per heavy atom. The Labute approximate surface area is 162 Å². The highest BCUT2D eigenvalue weighted by Gasteiger charge is 2.31. The first kappa shape index (κ1) is 22.9. The molecule has 1 aromatic carbocycles. The highest BCUT2D eigenvalue weighted by Crippen LogP contribution is 2.44. The van der Waals surface area contributed by atoms with Gasteiger partial charge in [0.2, 0.25) is 0 Å². The van der Waals surface area contributed by atoms with E-state index in [0.29, 0.717) is 4.90 Å². The van der Waals surface area contributed by atoms with Gasteiger partial charge in [-0.1, -0.05) is 0 Å². The molecule has 4 N–H and O–H groups in total. The van der Waals surface area contributed by atoms with Gasteiger partial charge in [0, 0.05) is 6.07 Å². The van der Waals surface area contributed by atoms with Crippen LogP contribution in [0.15, 0.2) is 12.1 Å². The molecule has 1 aromatic rings. The third-order valence-corrected chi connectivity index (χ3v) is 3.45. The van der Waals surface area contributed by atoms with Crippen molar-refractivity contribution in [1.82, 2.24) is 0 Å². The standard InChI is InChI=1S/C15H17N3O11/c1-29-15-9(16(4-10(19)20)5-11(21)22)3-2-8(18(27)28)14(15)17(6-12(23)24)7-13(25)26/h2-3H,4-7H2,1H3,(H,19,20)(H,21,22)(H,23,24)(H,25,26). The van der Waals surface area contributed by atoms with Gasteiger partial charge in [0.1, 0.15) is 26.2 Å². The molecular weight excluding hydrogens is 398 g/mol. The Morgan fingerprint density at radius 1 is 0.897 bits per heavy atom. The van der Waals surface area contributed by atoms with Gasteiger partial charge in [-0.2, -0.15) is 0 Å². The topological polar surface area (TPSA) is 208 Å². The fourth-order valence-electron chi connectivity index (χ4n) is 2.55. The van der Waals surface area contributed by atoms with Crippen molar-refractivity contribution in [3.05, 3.63) is 22.2 Å². The van der Waals surface area contributed by atoms with Crippen molar-refractivity contribution in [3.63, 3.8) is 0 Å². The molecule has 14 nitrogen and oxygen atoms in total. The van der Waals surface area contributed by atoms with Crippen molar-refractivity contribution < 1.29 is 49.3 Å². The van der Waals surface area contributed by atoms with Crippen molar-refractivity contribution in [3.8, 4) is 5.75 Å².